The third-order valence-electron chi connectivity index (χ3n) is 3.71. The van der Waals surface area contributed by atoms with Crippen molar-refractivity contribution < 1.29 is 9.47 Å². The summed E-state index contributed by atoms with van der Waals surface area (Å²) >= 11 is 0. The molecule has 100 valence electrons. The minimum absolute atomic E-state index is 0.117. The number of anilines is 1. The van der Waals surface area contributed by atoms with Crippen molar-refractivity contribution in [2.75, 3.05) is 12.8 Å². The van der Waals surface area contributed by atoms with E-state index in [4.69, 9.17) is 15.2 Å². The molecule has 0 spiro atoms. The molecule has 3 heteroatoms. The van der Waals surface area contributed by atoms with Crippen molar-refractivity contribution in [1.29, 1.82) is 0 Å². The Bertz CT molecular complexity index is 363. The van der Waals surface area contributed by atoms with E-state index in [0.717, 1.165) is 24.9 Å². The van der Waals surface area contributed by atoms with E-state index in [2.05, 4.69) is 6.92 Å². The molecule has 2 N–H and O–H groups in total. The van der Waals surface area contributed by atoms with Gasteiger partial charge in [-0.2, -0.15) is 0 Å². The van der Waals surface area contributed by atoms with Gasteiger partial charge < -0.3 is 15.2 Å². The molecule has 18 heavy (non-hydrogen) atoms. The second-order valence-corrected chi connectivity index (χ2v) is 5.09. The fraction of sp³-hybridized carbons (Fsp3) is 0.600. The fourth-order valence-electron chi connectivity index (χ4n) is 2.57. The third-order valence-corrected chi connectivity index (χ3v) is 3.71. The summed E-state index contributed by atoms with van der Waals surface area (Å²) < 4.78 is 11.6. The predicted octanol–water partition coefficient (Wildman–Crippen LogP) is 3.30. The molecule has 1 saturated carbocycles. The van der Waals surface area contributed by atoms with E-state index in [1.54, 1.807) is 7.11 Å². The van der Waals surface area contributed by atoms with E-state index in [-0.39, 0.29) is 6.10 Å². The summed E-state index contributed by atoms with van der Waals surface area (Å²) in [5, 5.41) is 0. The molecule has 1 aromatic rings. The number of nitrogen functional groups attached to an aromatic ring is 1. The quantitative estimate of drug-likeness (QED) is 0.833. The van der Waals surface area contributed by atoms with Gasteiger partial charge in [0.25, 0.3) is 0 Å². The van der Waals surface area contributed by atoms with Crippen LogP contribution in [0.3, 0.4) is 0 Å². The van der Waals surface area contributed by atoms with Crippen LogP contribution < -0.4 is 5.73 Å². The van der Waals surface area contributed by atoms with Crippen LogP contribution in [0.25, 0.3) is 0 Å². The van der Waals surface area contributed by atoms with Crippen molar-refractivity contribution in [2.24, 2.45) is 0 Å². The molecule has 0 aromatic heterocycles. The second kappa shape index (κ2) is 6.21. The molecule has 1 aliphatic rings. The summed E-state index contributed by atoms with van der Waals surface area (Å²) in [6.07, 6.45) is 5.30. The zero-order chi connectivity index (χ0) is 13.0. The molecule has 0 heterocycles. The van der Waals surface area contributed by atoms with E-state index in [1.807, 2.05) is 24.3 Å². The monoisotopic (exact) mass is 249 g/mol. The van der Waals surface area contributed by atoms with Crippen LogP contribution in [-0.2, 0) is 9.47 Å². The van der Waals surface area contributed by atoms with Gasteiger partial charge in [-0.15, -0.1) is 0 Å². The number of benzene rings is 1. The Morgan fingerprint density at radius 2 is 1.83 bits per heavy atom. The Morgan fingerprint density at radius 3 is 2.50 bits per heavy atom. The Labute approximate surface area is 109 Å². The zero-order valence-electron chi connectivity index (χ0n) is 11.3. The van der Waals surface area contributed by atoms with Crippen LogP contribution in [0, 0.1) is 0 Å². The van der Waals surface area contributed by atoms with Crippen LogP contribution in [0.2, 0.25) is 0 Å². The van der Waals surface area contributed by atoms with Gasteiger partial charge in [0.15, 0.2) is 0 Å². The first kappa shape index (κ1) is 13.4. The first-order chi connectivity index (χ1) is 8.69. The largest absolute Gasteiger partial charge is 0.399 e. The normalized spacial score (nSPS) is 25.9. The van der Waals surface area contributed by atoms with E-state index < -0.39 is 0 Å². The highest BCUT2D eigenvalue weighted by atomic mass is 16.5. The van der Waals surface area contributed by atoms with Crippen molar-refractivity contribution in [1.82, 2.24) is 0 Å². The molecule has 0 radical (unpaired) electrons. The van der Waals surface area contributed by atoms with Gasteiger partial charge in [0.05, 0.1) is 18.3 Å². The lowest BCUT2D eigenvalue weighted by atomic mass is 9.94. The van der Waals surface area contributed by atoms with Crippen molar-refractivity contribution in [3.63, 3.8) is 0 Å². The Morgan fingerprint density at radius 1 is 1.17 bits per heavy atom. The van der Waals surface area contributed by atoms with Crippen molar-refractivity contribution >= 4 is 5.69 Å². The van der Waals surface area contributed by atoms with E-state index in [0.29, 0.717) is 12.2 Å². The van der Waals surface area contributed by atoms with Gasteiger partial charge in [-0.05, 0) is 50.3 Å². The minimum atomic E-state index is 0.117. The molecule has 2 rings (SSSR count). The summed E-state index contributed by atoms with van der Waals surface area (Å²) in [4.78, 5) is 0. The van der Waals surface area contributed by atoms with Gasteiger partial charge in [0, 0.05) is 12.8 Å². The van der Waals surface area contributed by atoms with Crippen LogP contribution in [0.1, 0.15) is 44.3 Å². The fourth-order valence-corrected chi connectivity index (χ4v) is 2.57. The van der Waals surface area contributed by atoms with Crippen LogP contribution in [0.5, 0.6) is 0 Å². The topological polar surface area (TPSA) is 44.5 Å². The van der Waals surface area contributed by atoms with Crippen LogP contribution in [0.4, 0.5) is 5.69 Å². The number of hydrogen-bond acceptors (Lipinski definition) is 3. The van der Waals surface area contributed by atoms with Gasteiger partial charge in [-0.3, -0.25) is 0 Å². The van der Waals surface area contributed by atoms with Crippen LogP contribution >= 0.6 is 0 Å². The number of ether oxygens (including phenoxy) is 2. The minimum Gasteiger partial charge on any atom is -0.399 e. The maximum atomic E-state index is 6.13. The van der Waals surface area contributed by atoms with E-state index in [1.165, 1.54) is 12.0 Å². The SMILES string of the molecule is COC1CCCC(OC(C)c2ccc(N)cc2)C1. The molecule has 3 nitrogen and oxygen atoms in total. The summed E-state index contributed by atoms with van der Waals surface area (Å²) in [6, 6.07) is 7.93. The van der Waals surface area contributed by atoms with Crippen molar-refractivity contribution in [3.05, 3.63) is 29.8 Å². The molecule has 0 aliphatic heterocycles. The number of nitrogens with two attached hydrogens (primary N) is 1. The molecule has 3 atom stereocenters. The van der Waals surface area contributed by atoms with Crippen molar-refractivity contribution in [3.8, 4) is 0 Å². The Kier molecular flexibility index (Phi) is 4.61. The molecule has 0 bridgehead atoms. The summed E-state index contributed by atoms with van der Waals surface area (Å²) in [7, 11) is 1.79. The highest BCUT2D eigenvalue weighted by Gasteiger charge is 2.24. The molecule has 1 aromatic carbocycles. The zero-order valence-corrected chi connectivity index (χ0v) is 11.3. The lowest BCUT2D eigenvalue weighted by Crippen LogP contribution is -2.28. The van der Waals surface area contributed by atoms with Gasteiger partial charge >= 0.3 is 0 Å². The molecular weight excluding hydrogens is 226 g/mol. The van der Waals surface area contributed by atoms with E-state index in [9.17, 15) is 0 Å². The third kappa shape index (κ3) is 3.47. The standard InChI is InChI=1S/C15H23NO2/c1-11(12-6-8-13(16)9-7-12)18-15-5-3-4-14(10-15)17-2/h6-9,11,14-15H,3-5,10,16H2,1-2H3. The maximum Gasteiger partial charge on any atom is 0.0800 e. The average Bonchev–Trinajstić information content (AvgIpc) is 2.39. The molecule has 0 amide bonds. The lowest BCUT2D eigenvalue weighted by Gasteiger charge is -2.30. The predicted molar refractivity (Wildman–Crippen MR) is 73.4 cm³/mol. The molecule has 1 aliphatic carbocycles. The van der Waals surface area contributed by atoms with Gasteiger partial charge in [0.1, 0.15) is 0 Å². The first-order valence-electron chi connectivity index (χ1n) is 6.72. The maximum absolute atomic E-state index is 6.13. The van der Waals surface area contributed by atoms with Crippen molar-refractivity contribution in [2.45, 2.75) is 50.9 Å². The highest BCUT2D eigenvalue weighted by molar-refractivity contribution is 5.39. The number of rotatable bonds is 4. The first-order valence-corrected chi connectivity index (χ1v) is 6.72. The van der Waals surface area contributed by atoms with Crippen LogP contribution in [-0.4, -0.2) is 19.3 Å². The average molecular weight is 249 g/mol. The summed E-state index contributed by atoms with van der Waals surface area (Å²) in [5.74, 6) is 0. The smallest absolute Gasteiger partial charge is 0.0800 e. The molecule has 3 unspecified atom stereocenters. The number of methoxy groups -OCH3 is 1. The van der Waals surface area contributed by atoms with E-state index >= 15 is 0 Å². The summed E-state index contributed by atoms with van der Waals surface area (Å²) in [5.41, 5.74) is 7.67. The summed E-state index contributed by atoms with van der Waals surface area (Å²) in [6.45, 7) is 2.10. The molecular formula is C15H23NO2. The molecule has 0 saturated heterocycles. The van der Waals surface area contributed by atoms with Gasteiger partial charge in [0.2, 0.25) is 0 Å². The second-order valence-electron chi connectivity index (χ2n) is 5.09. The Balaban J connectivity index is 1.90. The van der Waals surface area contributed by atoms with Crippen LogP contribution in [0.15, 0.2) is 24.3 Å². The molecule has 1 fully saturated rings. The van der Waals surface area contributed by atoms with Gasteiger partial charge in [-0.25, -0.2) is 0 Å². The Hall–Kier alpha value is -1.06. The highest BCUT2D eigenvalue weighted by Crippen LogP contribution is 2.28. The number of hydrogen-bond donors (Lipinski definition) is 1. The van der Waals surface area contributed by atoms with Gasteiger partial charge in [-0.1, -0.05) is 12.1 Å². The lowest BCUT2D eigenvalue weighted by molar-refractivity contribution is -0.0603.